The predicted molar refractivity (Wildman–Crippen MR) is 74.3 cm³/mol. The minimum absolute atomic E-state index is 0.0102. The molecule has 1 saturated carbocycles. The first-order valence-electron chi connectivity index (χ1n) is 6.76. The van der Waals surface area contributed by atoms with E-state index in [0.29, 0.717) is 12.5 Å². The predicted octanol–water partition coefficient (Wildman–Crippen LogP) is 1.85. The molecule has 1 fully saturated rings. The number of hydrogen-bond acceptors (Lipinski definition) is 3. The van der Waals surface area contributed by atoms with E-state index < -0.39 is 16.0 Å². The number of rotatable bonds is 6. The fourth-order valence-electron chi connectivity index (χ4n) is 2.21. The molecule has 20 heavy (non-hydrogen) atoms. The number of nitrogens with zero attached hydrogens (tertiary/aromatic N) is 1. The number of aromatic nitrogens is 1. The van der Waals surface area contributed by atoms with Crippen molar-refractivity contribution in [3.05, 3.63) is 18.0 Å². The minimum Gasteiger partial charge on any atom is -0.477 e. The van der Waals surface area contributed by atoms with Gasteiger partial charge in [-0.15, -0.1) is 0 Å². The van der Waals surface area contributed by atoms with Gasteiger partial charge in [0.15, 0.2) is 0 Å². The zero-order valence-corrected chi connectivity index (χ0v) is 12.5. The molecule has 0 atom stereocenters. The third-order valence-electron chi connectivity index (χ3n) is 3.70. The van der Waals surface area contributed by atoms with Crippen LogP contribution in [0.2, 0.25) is 0 Å². The number of hydrogen-bond donors (Lipinski definition) is 2. The molecule has 1 heterocycles. The second-order valence-corrected chi connectivity index (χ2v) is 7.28. The smallest absolute Gasteiger partial charge is 0.352 e. The first-order valence-corrected chi connectivity index (χ1v) is 8.24. The molecule has 2 N–H and O–H groups in total. The Balaban J connectivity index is 2.22. The van der Waals surface area contributed by atoms with Crippen LogP contribution in [0, 0.1) is 5.92 Å². The molecule has 2 rings (SSSR count). The molecule has 0 saturated heterocycles. The zero-order valence-electron chi connectivity index (χ0n) is 11.7. The highest BCUT2D eigenvalue weighted by molar-refractivity contribution is 7.89. The molecule has 1 aliphatic rings. The summed E-state index contributed by atoms with van der Waals surface area (Å²) in [5.74, 6) is -0.713. The monoisotopic (exact) mass is 300 g/mol. The van der Waals surface area contributed by atoms with E-state index in [0.717, 1.165) is 19.3 Å². The van der Waals surface area contributed by atoms with Crippen molar-refractivity contribution in [2.75, 3.05) is 6.54 Å². The Labute approximate surface area is 118 Å². The van der Waals surface area contributed by atoms with E-state index in [1.165, 1.54) is 16.8 Å². The van der Waals surface area contributed by atoms with Crippen LogP contribution in [-0.4, -0.2) is 30.6 Å². The lowest BCUT2D eigenvalue weighted by Crippen LogP contribution is -2.32. The quantitative estimate of drug-likeness (QED) is 0.839. The molecule has 0 amide bonds. The molecule has 0 radical (unpaired) electrons. The summed E-state index contributed by atoms with van der Waals surface area (Å²) in [6, 6.07) is 1.10. The SMILES string of the molecule is CC(C)n1cc(S(=O)(=O)NCC2CCC2)cc1C(=O)O. The van der Waals surface area contributed by atoms with Gasteiger partial charge in [0.1, 0.15) is 10.6 Å². The number of carboxylic acids is 1. The van der Waals surface area contributed by atoms with Crippen LogP contribution in [0.3, 0.4) is 0 Å². The molecule has 0 spiro atoms. The summed E-state index contributed by atoms with van der Waals surface area (Å²) in [6.07, 6.45) is 4.64. The second-order valence-electron chi connectivity index (χ2n) is 5.52. The van der Waals surface area contributed by atoms with Gasteiger partial charge < -0.3 is 9.67 Å². The molecule has 1 aliphatic carbocycles. The van der Waals surface area contributed by atoms with Crippen LogP contribution in [0.15, 0.2) is 17.2 Å². The lowest BCUT2D eigenvalue weighted by atomic mass is 9.86. The highest BCUT2D eigenvalue weighted by Crippen LogP contribution is 2.26. The zero-order chi connectivity index (χ0) is 14.9. The van der Waals surface area contributed by atoms with Crippen molar-refractivity contribution in [3.63, 3.8) is 0 Å². The summed E-state index contributed by atoms with van der Waals surface area (Å²) in [5.41, 5.74) is -0.0102. The van der Waals surface area contributed by atoms with Gasteiger partial charge in [-0.2, -0.15) is 0 Å². The van der Waals surface area contributed by atoms with Crippen LogP contribution in [0.5, 0.6) is 0 Å². The van der Waals surface area contributed by atoms with Gasteiger partial charge in [-0.3, -0.25) is 0 Å². The molecule has 6 nitrogen and oxygen atoms in total. The molecule has 1 aromatic rings. The van der Waals surface area contributed by atoms with Gasteiger partial charge in [-0.25, -0.2) is 17.9 Å². The summed E-state index contributed by atoms with van der Waals surface area (Å²) in [6.45, 7) is 4.05. The third kappa shape index (κ3) is 3.04. The van der Waals surface area contributed by atoms with Crippen LogP contribution in [0.25, 0.3) is 0 Å². The number of carbonyl (C=O) groups is 1. The van der Waals surface area contributed by atoms with Crippen LogP contribution < -0.4 is 4.72 Å². The summed E-state index contributed by atoms with van der Waals surface area (Å²) in [4.78, 5) is 11.2. The van der Waals surface area contributed by atoms with Crippen molar-refractivity contribution >= 4 is 16.0 Å². The first-order chi connectivity index (χ1) is 9.31. The van der Waals surface area contributed by atoms with Crippen molar-refractivity contribution in [1.82, 2.24) is 9.29 Å². The molecule has 0 bridgehead atoms. The number of carboxylic acid groups (broad SMARTS) is 1. The number of aromatic carboxylic acids is 1. The average Bonchev–Trinajstić information content (AvgIpc) is 2.72. The van der Waals surface area contributed by atoms with Crippen LogP contribution in [0.1, 0.15) is 49.6 Å². The van der Waals surface area contributed by atoms with E-state index in [1.807, 2.05) is 13.8 Å². The van der Waals surface area contributed by atoms with Gasteiger partial charge in [0, 0.05) is 18.8 Å². The van der Waals surface area contributed by atoms with E-state index in [2.05, 4.69) is 4.72 Å². The Hall–Kier alpha value is -1.34. The average molecular weight is 300 g/mol. The molecular formula is C13H20N2O4S. The maximum atomic E-state index is 12.2. The topological polar surface area (TPSA) is 88.4 Å². The van der Waals surface area contributed by atoms with Gasteiger partial charge in [-0.05, 0) is 38.7 Å². The Morgan fingerprint density at radius 3 is 2.55 bits per heavy atom. The fraction of sp³-hybridized carbons (Fsp3) is 0.615. The van der Waals surface area contributed by atoms with Crippen LogP contribution in [0.4, 0.5) is 0 Å². The fourth-order valence-corrected chi connectivity index (χ4v) is 3.35. The Bertz CT molecular complexity index is 600. The van der Waals surface area contributed by atoms with E-state index in [1.54, 1.807) is 0 Å². The van der Waals surface area contributed by atoms with E-state index in [4.69, 9.17) is 5.11 Å². The summed E-state index contributed by atoms with van der Waals surface area (Å²) >= 11 is 0. The van der Waals surface area contributed by atoms with Crippen molar-refractivity contribution in [2.24, 2.45) is 5.92 Å². The van der Waals surface area contributed by atoms with Crippen molar-refractivity contribution in [1.29, 1.82) is 0 Å². The lowest BCUT2D eigenvalue weighted by molar-refractivity contribution is 0.0683. The first kappa shape index (κ1) is 15.1. The number of nitrogens with one attached hydrogen (secondary N) is 1. The van der Waals surface area contributed by atoms with E-state index in [-0.39, 0.29) is 16.6 Å². The molecular weight excluding hydrogens is 280 g/mol. The van der Waals surface area contributed by atoms with Crippen molar-refractivity contribution < 1.29 is 18.3 Å². The summed E-state index contributed by atoms with van der Waals surface area (Å²) in [5, 5.41) is 9.12. The molecule has 0 unspecified atom stereocenters. The highest BCUT2D eigenvalue weighted by atomic mass is 32.2. The molecule has 0 aliphatic heterocycles. The van der Waals surface area contributed by atoms with Gasteiger partial charge in [0.05, 0.1) is 0 Å². The normalized spacial score (nSPS) is 16.4. The molecule has 1 aromatic heterocycles. The second kappa shape index (κ2) is 5.57. The minimum atomic E-state index is -3.63. The van der Waals surface area contributed by atoms with Gasteiger partial charge in [-0.1, -0.05) is 6.42 Å². The van der Waals surface area contributed by atoms with Crippen LogP contribution >= 0.6 is 0 Å². The highest BCUT2D eigenvalue weighted by Gasteiger charge is 2.24. The van der Waals surface area contributed by atoms with Gasteiger partial charge >= 0.3 is 5.97 Å². The van der Waals surface area contributed by atoms with Crippen LogP contribution in [-0.2, 0) is 10.0 Å². The summed E-state index contributed by atoms with van der Waals surface area (Å²) in [7, 11) is -3.63. The molecule has 112 valence electrons. The Kier molecular flexibility index (Phi) is 4.19. The van der Waals surface area contributed by atoms with Crippen molar-refractivity contribution in [2.45, 2.75) is 44.0 Å². The third-order valence-corrected chi connectivity index (χ3v) is 5.09. The lowest BCUT2D eigenvalue weighted by Gasteiger charge is -2.25. The van der Waals surface area contributed by atoms with E-state index in [9.17, 15) is 13.2 Å². The van der Waals surface area contributed by atoms with Gasteiger partial charge in [0.25, 0.3) is 0 Å². The largest absolute Gasteiger partial charge is 0.477 e. The van der Waals surface area contributed by atoms with Crippen molar-refractivity contribution in [3.8, 4) is 0 Å². The Morgan fingerprint density at radius 2 is 2.15 bits per heavy atom. The van der Waals surface area contributed by atoms with E-state index >= 15 is 0 Å². The number of sulfonamides is 1. The molecule has 7 heteroatoms. The standard InChI is InChI=1S/C13H20N2O4S/c1-9(2)15-8-11(6-12(15)13(16)17)20(18,19)14-7-10-4-3-5-10/h6,8-10,14H,3-5,7H2,1-2H3,(H,16,17). The van der Waals surface area contributed by atoms with Gasteiger partial charge in [0.2, 0.25) is 10.0 Å². The maximum Gasteiger partial charge on any atom is 0.352 e. The summed E-state index contributed by atoms with van der Waals surface area (Å²) < 4.78 is 28.4. The Morgan fingerprint density at radius 1 is 1.50 bits per heavy atom. The molecule has 0 aromatic carbocycles. The maximum absolute atomic E-state index is 12.2.